The fourth-order valence-corrected chi connectivity index (χ4v) is 3.50. The minimum Gasteiger partial charge on any atom is -0.396 e. The Morgan fingerprint density at radius 2 is 1.92 bits per heavy atom. The highest BCUT2D eigenvalue weighted by Crippen LogP contribution is 2.26. The first-order valence-corrected chi connectivity index (χ1v) is 9.15. The number of hydrogen-bond donors (Lipinski definition) is 1. The minimum absolute atomic E-state index is 0.000975. The summed E-state index contributed by atoms with van der Waals surface area (Å²) < 4.78 is 0. The van der Waals surface area contributed by atoms with Crippen molar-refractivity contribution in [3.8, 4) is 0 Å². The summed E-state index contributed by atoms with van der Waals surface area (Å²) in [4.78, 5) is 20.1. The third kappa shape index (κ3) is 4.65. The van der Waals surface area contributed by atoms with E-state index in [1.807, 2.05) is 49.1 Å². The van der Waals surface area contributed by atoms with Crippen LogP contribution < -0.4 is 0 Å². The molecule has 1 amide bonds. The molecule has 1 N–H and O–H groups in total. The van der Waals surface area contributed by atoms with Gasteiger partial charge in [0.1, 0.15) is 4.88 Å². The predicted molar refractivity (Wildman–Crippen MR) is 98.4 cm³/mol. The molecule has 0 bridgehead atoms. The first kappa shape index (κ1) is 18.6. The van der Waals surface area contributed by atoms with Gasteiger partial charge in [-0.25, -0.2) is 4.98 Å². The van der Waals surface area contributed by atoms with E-state index in [9.17, 15) is 9.90 Å². The van der Waals surface area contributed by atoms with Crippen molar-refractivity contribution < 1.29 is 9.90 Å². The second-order valence-corrected chi connectivity index (χ2v) is 7.61. The van der Waals surface area contributed by atoms with Crippen LogP contribution in [0.15, 0.2) is 30.3 Å². The number of nitrogens with zero attached hydrogens (tertiary/aromatic N) is 2. The molecule has 1 aromatic carbocycles. The maximum atomic E-state index is 13.1. The van der Waals surface area contributed by atoms with Gasteiger partial charge in [0.05, 0.1) is 10.7 Å². The SMILES string of the molecule is Cc1nc(C(C)C)sc1C(=O)N(Cc1ccccc1)CC(C)CO. The highest BCUT2D eigenvalue weighted by molar-refractivity contribution is 7.13. The Bertz CT molecular complexity index is 667. The van der Waals surface area contributed by atoms with Crippen LogP contribution in [0.25, 0.3) is 0 Å². The lowest BCUT2D eigenvalue weighted by Gasteiger charge is -2.25. The van der Waals surface area contributed by atoms with E-state index < -0.39 is 0 Å². The first-order valence-electron chi connectivity index (χ1n) is 8.33. The van der Waals surface area contributed by atoms with Crippen molar-refractivity contribution in [1.82, 2.24) is 9.88 Å². The van der Waals surface area contributed by atoms with E-state index in [0.717, 1.165) is 16.3 Å². The quantitative estimate of drug-likeness (QED) is 0.828. The number of carbonyl (C=O) groups excluding carboxylic acids is 1. The van der Waals surface area contributed by atoms with Crippen molar-refractivity contribution in [2.75, 3.05) is 13.2 Å². The zero-order valence-corrected chi connectivity index (χ0v) is 15.6. The van der Waals surface area contributed by atoms with Crippen LogP contribution in [0.5, 0.6) is 0 Å². The van der Waals surface area contributed by atoms with Gasteiger partial charge in [0, 0.05) is 25.6 Å². The summed E-state index contributed by atoms with van der Waals surface area (Å²) in [5.74, 6) is 0.353. The number of rotatable bonds is 7. The van der Waals surface area contributed by atoms with Crippen molar-refractivity contribution in [2.24, 2.45) is 5.92 Å². The summed E-state index contributed by atoms with van der Waals surface area (Å²) >= 11 is 1.48. The number of aryl methyl sites for hydroxylation is 1. The molecule has 1 heterocycles. The van der Waals surface area contributed by atoms with Gasteiger partial charge < -0.3 is 10.0 Å². The van der Waals surface area contributed by atoms with Crippen LogP contribution >= 0.6 is 11.3 Å². The Labute approximate surface area is 148 Å². The van der Waals surface area contributed by atoms with Crippen molar-refractivity contribution in [1.29, 1.82) is 0 Å². The Balaban J connectivity index is 2.26. The van der Waals surface area contributed by atoms with Gasteiger partial charge in [-0.2, -0.15) is 0 Å². The molecule has 1 aromatic heterocycles. The summed E-state index contributed by atoms with van der Waals surface area (Å²) in [5.41, 5.74) is 1.88. The molecule has 1 atom stereocenters. The van der Waals surface area contributed by atoms with E-state index >= 15 is 0 Å². The average Bonchev–Trinajstić information content (AvgIpc) is 2.96. The molecule has 4 nitrogen and oxygen atoms in total. The van der Waals surface area contributed by atoms with Gasteiger partial charge in [-0.3, -0.25) is 4.79 Å². The Morgan fingerprint density at radius 1 is 1.25 bits per heavy atom. The molecule has 0 aliphatic heterocycles. The summed E-state index contributed by atoms with van der Waals surface area (Å²) in [7, 11) is 0. The standard InChI is InChI=1S/C19H26N2O2S/c1-13(2)18-20-15(4)17(24-18)19(23)21(10-14(3)12-22)11-16-8-6-5-7-9-16/h5-9,13-14,22H,10-12H2,1-4H3. The van der Waals surface area contributed by atoms with Crippen LogP contribution in [0.3, 0.4) is 0 Å². The van der Waals surface area contributed by atoms with Crippen LogP contribution in [-0.2, 0) is 6.54 Å². The fraction of sp³-hybridized carbons (Fsp3) is 0.474. The van der Waals surface area contributed by atoms with Gasteiger partial charge in [-0.15, -0.1) is 11.3 Å². The summed E-state index contributed by atoms with van der Waals surface area (Å²) in [5, 5.41) is 10.4. The van der Waals surface area contributed by atoms with Crippen molar-refractivity contribution in [3.63, 3.8) is 0 Å². The number of aliphatic hydroxyl groups is 1. The molecule has 0 aliphatic rings. The maximum Gasteiger partial charge on any atom is 0.266 e. The molecule has 0 aliphatic carbocycles. The minimum atomic E-state index is 0.000975. The highest BCUT2D eigenvalue weighted by Gasteiger charge is 2.23. The van der Waals surface area contributed by atoms with E-state index in [0.29, 0.717) is 23.9 Å². The fourth-order valence-electron chi connectivity index (χ4n) is 2.46. The second kappa shape index (κ2) is 8.40. The number of amides is 1. The molecule has 130 valence electrons. The molecule has 2 aromatic rings. The van der Waals surface area contributed by atoms with E-state index in [4.69, 9.17) is 0 Å². The van der Waals surface area contributed by atoms with Gasteiger partial charge in [0.2, 0.25) is 0 Å². The first-order chi connectivity index (χ1) is 11.4. The summed E-state index contributed by atoms with van der Waals surface area (Å²) in [6.07, 6.45) is 0. The lowest BCUT2D eigenvalue weighted by molar-refractivity contribution is 0.0698. The monoisotopic (exact) mass is 346 g/mol. The number of carbonyl (C=O) groups is 1. The van der Waals surface area contributed by atoms with Gasteiger partial charge in [-0.1, -0.05) is 51.1 Å². The van der Waals surface area contributed by atoms with Crippen LogP contribution in [0.4, 0.5) is 0 Å². The molecule has 0 fully saturated rings. The van der Waals surface area contributed by atoms with Crippen molar-refractivity contribution >= 4 is 17.2 Å². The number of aromatic nitrogens is 1. The molecular weight excluding hydrogens is 320 g/mol. The normalized spacial score (nSPS) is 12.4. The Morgan fingerprint density at radius 3 is 2.46 bits per heavy atom. The van der Waals surface area contributed by atoms with Crippen LogP contribution in [0.2, 0.25) is 0 Å². The van der Waals surface area contributed by atoms with Crippen LogP contribution in [0, 0.1) is 12.8 Å². The number of hydrogen-bond acceptors (Lipinski definition) is 4. The van der Waals surface area contributed by atoms with E-state index in [2.05, 4.69) is 18.8 Å². The molecular formula is C19H26N2O2S. The van der Waals surface area contributed by atoms with Crippen LogP contribution in [0.1, 0.15) is 52.6 Å². The smallest absolute Gasteiger partial charge is 0.266 e. The second-order valence-electron chi connectivity index (χ2n) is 6.58. The Kier molecular flexibility index (Phi) is 6.52. The molecule has 2 rings (SSSR count). The largest absolute Gasteiger partial charge is 0.396 e. The summed E-state index contributed by atoms with van der Waals surface area (Å²) in [6, 6.07) is 9.95. The third-order valence-electron chi connectivity index (χ3n) is 3.85. The van der Waals surface area contributed by atoms with Gasteiger partial charge in [0.25, 0.3) is 5.91 Å². The zero-order chi connectivity index (χ0) is 17.7. The number of aliphatic hydroxyl groups excluding tert-OH is 1. The lowest BCUT2D eigenvalue weighted by atomic mass is 10.1. The Hall–Kier alpha value is -1.72. The molecule has 0 saturated heterocycles. The highest BCUT2D eigenvalue weighted by atomic mass is 32.1. The predicted octanol–water partition coefficient (Wildman–Crippen LogP) is 3.85. The molecule has 5 heteroatoms. The summed E-state index contributed by atoms with van der Waals surface area (Å²) in [6.45, 7) is 9.15. The number of benzene rings is 1. The van der Waals surface area contributed by atoms with E-state index in [-0.39, 0.29) is 18.4 Å². The van der Waals surface area contributed by atoms with E-state index in [1.54, 1.807) is 0 Å². The average molecular weight is 346 g/mol. The molecule has 24 heavy (non-hydrogen) atoms. The van der Waals surface area contributed by atoms with Crippen molar-refractivity contribution in [2.45, 2.75) is 40.2 Å². The molecule has 1 unspecified atom stereocenters. The maximum absolute atomic E-state index is 13.1. The number of thiazole rings is 1. The van der Waals surface area contributed by atoms with Gasteiger partial charge >= 0.3 is 0 Å². The van der Waals surface area contributed by atoms with E-state index in [1.165, 1.54) is 11.3 Å². The lowest BCUT2D eigenvalue weighted by Crippen LogP contribution is -2.35. The molecule has 0 spiro atoms. The van der Waals surface area contributed by atoms with Gasteiger partial charge in [-0.05, 0) is 18.4 Å². The van der Waals surface area contributed by atoms with Gasteiger partial charge in [0.15, 0.2) is 0 Å². The third-order valence-corrected chi connectivity index (χ3v) is 5.29. The van der Waals surface area contributed by atoms with Crippen molar-refractivity contribution in [3.05, 3.63) is 51.5 Å². The molecule has 0 saturated carbocycles. The molecule has 0 radical (unpaired) electrons. The zero-order valence-electron chi connectivity index (χ0n) is 14.8. The topological polar surface area (TPSA) is 53.4 Å². The van der Waals surface area contributed by atoms with Crippen LogP contribution in [-0.4, -0.2) is 34.0 Å².